The van der Waals surface area contributed by atoms with Crippen LogP contribution < -0.4 is 4.74 Å². The number of hydrogen-bond acceptors (Lipinski definition) is 2. The van der Waals surface area contributed by atoms with E-state index >= 15 is 0 Å². The maximum Gasteiger partial charge on any atom is 0.332 e. The van der Waals surface area contributed by atoms with Gasteiger partial charge in [0, 0.05) is 11.1 Å². The maximum absolute atomic E-state index is 11.8. The van der Waals surface area contributed by atoms with Gasteiger partial charge in [-0.3, -0.25) is 0 Å². The molecule has 1 N–H and O–H groups in total. The van der Waals surface area contributed by atoms with Gasteiger partial charge in [-0.1, -0.05) is 38.1 Å². The second-order valence-corrected chi connectivity index (χ2v) is 8.03. The zero-order valence-corrected chi connectivity index (χ0v) is 16.3. The molecule has 26 heavy (non-hydrogen) atoms. The maximum atomic E-state index is 11.8. The third-order valence-corrected chi connectivity index (χ3v) is 5.27. The van der Waals surface area contributed by atoms with Crippen molar-refractivity contribution in [2.45, 2.75) is 53.1 Å². The molecule has 0 unspecified atom stereocenters. The van der Waals surface area contributed by atoms with Crippen LogP contribution in [0.4, 0.5) is 0 Å². The van der Waals surface area contributed by atoms with Crippen LogP contribution in [0.1, 0.15) is 58.6 Å². The molecule has 1 fully saturated rings. The van der Waals surface area contributed by atoms with E-state index in [4.69, 9.17) is 4.74 Å². The SMILES string of the molecule is CC/C(C(=O)O)=C(/C=C/[C@H]1C[C@@H]1C)c1ccc2c(c1)OC(C)(C)C=C2C. The highest BCUT2D eigenvalue weighted by Crippen LogP contribution is 2.41. The minimum Gasteiger partial charge on any atom is -0.483 e. The summed E-state index contributed by atoms with van der Waals surface area (Å²) >= 11 is 0. The summed E-state index contributed by atoms with van der Waals surface area (Å²) in [5.74, 6) is 1.22. The third-order valence-electron chi connectivity index (χ3n) is 5.27. The Labute approximate surface area is 156 Å². The summed E-state index contributed by atoms with van der Waals surface area (Å²) in [6, 6.07) is 6.03. The fourth-order valence-corrected chi connectivity index (χ4v) is 3.68. The summed E-state index contributed by atoms with van der Waals surface area (Å²) in [4.78, 5) is 11.8. The molecule has 1 aromatic rings. The molecular formula is C23H28O3. The number of allylic oxidation sites excluding steroid dienone is 4. The molecule has 1 heterocycles. The molecule has 0 bridgehead atoms. The lowest BCUT2D eigenvalue weighted by Gasteiger charge is -2.30. The Morgan fingerprint density at radius 1 is 1.38 bits per heavy atom. The van der Waals surface area contributed by atoms with Crippen molar-refractivity contribution in [1.82, 2.24) is 0 Å². The first kappa shape index (κ1) is 18.5. The minimum atomic E-state index is -0.856. The van der Waals surface area contributed by atoms with Crippen molar-refractivity contribution in [1.29, 1.82) is 0 Å². The average Bonchev–Trinajstić information content (AvgIpc) is 3.24. The van der Waals surface area contributed by atoms with Gasteiger partial charge in [-0.25, -0.2) is 4.79 Å². The minimum absolute atomic E-state index is 0.362. The zero-order chi connectivity index (χ0) is 19.1. The molecule has 1 aromatic carbocycles. The van der Waals surface area contributed by atoms with E-state index in [1.54, 1.807) is 0 Å². The monoisotopic (exact) mass is 352 g/mol. The van der Waals surface area contributed by atoms with E-state index in [0.717, 1.165) is 22.4 Å². The molecule has 138 valence electrons. The highest BCUT2D eigenvalue weighted by atomic mass is 16.5. The Morgan fingerprint density at radius 3 is 2.65 bits per heavy atom. The number of benzene rings is 1. The van der Waals surface area contributed by atoms with Gasteiger partial charge in [0.15, 0.2) is 0 Å². The van der Waals surface area contributed by atoms with Crippen LogP contribution in [-0.4, -0.2) is 16.7 Å². The Morgan fingerprint density at radius 2 is 2.08 bits per heavy atom. The van der Waals surface area contributed by atoms with Crippen molar-refractivity contribution in [3.8, 4) is 5.75 Å². The largest absolute Gasteiger partial charge is 0.483 e. The van der Waals surface area contributed by atoms with Crippen LogP contribution in [0, 0.1) is 11.8 Å². The molecule has 0 amide bonds. The lowest BCUT2D eigenvalue weighted by molar-refractivity contribution is -0.132. The standard InChI is InChI=1S/C23H28O3/c1-6-18(22(24)25)20(10-7-16-11-14(16)2)17-8-9-19-15(3)13-23(4,5)26-21(19)12-17/h7-10,12-14,16H,6,11H2,1-5H3,(H,24,25)/b10-7+,20-18+/t14-,16-/m0/s1. The van der Waals surface area contributed by atoms with Crippen molar-refractivity contribution < 1.29 is 14.6 Å². The fourth-order valence-electron chi connectivity index (χ4n) is 3.68. The van der Waals surface area contributed by atoms with Crippen molar-refractivity contribution in [3.05, 3.63) is 53.1 Å². The van der Waals surface area contributed by atoms with Crippen LogP contribution in [0.3, 0.4) is 0 Å². The van der Waals surface area contributed by atoms with E-state index in [-0.39, 0.29) is 5.60 Å². The molecular weight excluding hydrogens is 324 g/mol. The Bertz CT molecular complexity index is 824. The van der Waals surface area contributed by atoms with Crippen LogP contribution in [0.15, 0.2) is 42.0 Å². The van der Waals surface area contributed by atoms with Gasteiger partial charge in [0.2, 0.25) is 0 Å². The lowest BCUT2D eigenvalue weighted by atomic mass is 9.91. The number of fused-ring (bicyclic) bond motifs is 1. The lowest BCUT2D eigenvalue weighted by Crippen LogP contribution is -2.28. The normalized spacial score (nSPS) is 24.4. The number of carbonyl (C=O) groups is 1. The summed E-state index contributed by atoms with van der Waals surface area (Å²) in [5.41, 5.74) is 4.02. The molecule has 3 heteroatoms. The van der Waals surface area contributed by atoms with Gasteiger partial charge in [-0.05, 0) is 74.3 Å². The molecule has 3 nitrogen and oxygen atoms in total. The second-order valence-electron chi connectivity index (χ2n) is 8.03. The molecule has 2 aliphatic rings. The highest BCUT2D eigenvalue weighted by molar-refractivity contribution is 5.99. The van der Waals surface area contributed by atoms with Crippen LogP contribution in [0.25, 0.3) is 11.1 Å². The first-order valence-corrected chi connectivity index (χ1v) is 9.39. The molecule has 0 aromatic heterocycles. The van der Waals surface area contributed by atoms with Crippen molar-refractivity contribution >= 4 is 17.1 Å². The van der Waals surface area contributed by atoms with Crippen LogP contribution in [-0.2, 0) is 4.79 Å². The van der Waals surface area contributed by atoms with Gasteiger partial charge < -0.3 is 9.84 Å². The summed E-state index contributed by atoms with van der Waals surface area (Å²) in [7, 11) is 0. The number of carboxylic acids is 1. The van der Waals surface area contributed by atoms with Crippen LogP contribution in [0.5, 0.6) is 5.75 Å². The van der Waals surface area contributed by atoms with Gasteiger partial charge >= 0.3 is 5.97 Å². The summed E-state index contributed by atoms with van der Waals surface area (Å²) in [5, 5.41) is 9.67. The van der Waals surface area contributed by atoms with Crippen LogP contribution >= 0.6 is 0 Å². The molecule has 3 rings (SSSR count). The summed E-state index contributed by atoms with van der Waals surface area (Å²) < 4.78 is 6.14. The molecule has 0 saturated heterocycles. The predicted molar refractivity (Wildman–Crippen MR) is 106 cm³/mol. The quantitative estimate of drug-likeness (QED) is 0.544. The van der Waals surface area contributed by atoms with Crippen molar-refractivity contribution in [2.75, 3.05) is 0 Å². The fraction of sp³-hybridized carbons (Fsp3) is 0.435. The predicted octanol–water partition coefficient (Wildman–Crippen LogP) is 5.72. The van der Waals surface area contributed by atoms with Crippen molar-refractivity contribution in [2.24, 2.45) is 11.8 Å². The third kappa shape index (κ3) is 3.77. The Hall–Kier alpha value is -2.29. The molecule has 0 radical (unpaired) electrons. The topological polar surface area (TPSA) is 46.5 Å². The van der Waals surface area contributed by atoms with E-state index in [1.807, 2.05) is 45.0 Å². The van der Waals surface area contributed by atoms with Crippen molar-refractivity contribution in [3.63, 3.8) is 0 Å². The first-order valence-electron chi connectivity index (χ1n) is 9.39. The molecule has 1 aliphatic carbocycles. The summed E-state index contributed by atoms with van der Waals surface area (Å²) in [6.07, 6.45) is 7.95. The zero-order valence-electron chi connectivity index (χ0n) is 16.3. The van der Waals surface area contributed by atoms with Gasteiger partial charge in [0.1, 0.15) is 11.4 Å². The number of rotatable bonds is 5. The second kappa shape index (κ2) is 6.79. The van der Waals surface area contributed by atoms with E-state index in [2.05, 4.69) is 26.0 Å². The smallest absolute Gasteiger partial charge is 0.332 e. The van der Waals surface area contributed by atoms with E-state index in [0.29, 0.717) is 23.8 Å². The Kier molecular flexibility index (Phi) is 4.83. The molecule has 0 spiro atoms. The van der Waals surface area contributed by atoms with Gasteiger partial charge in [0.25, 0.3) is 0 Å². The van der Waals surface area contributed by atoms with Crippen LogP contribution in [0.2, 0.25) is 0 Å². The van der Waals surface area contributed by atoms with Gasteiger partial charge in [0.05, 0.1) is 0 Å². The number of aliphatic carboxylic acids is 1. The summed E-state index contributed by atoms with van der Waals surface area (Å²) in [6.45, 7) is 10.3. The highest BCUT2D eigenvalue weighted by Gasteiger charge is 2.30. The molecule has 1 saturated carbocycles. The number of hydrogen-bond donors (Lipinski definition) is 1. The first-order chi connectivity index (χ1) is 12.2. The van der Waals surface area contributed by atoms with E-state index in [1.165, 1.54) is 12.0 Å². The molecule has 2 atom stereocenters. The average molecular weight is 352 g/mol. The molecule has 1 aliphatic heterocycles. The number of carboxylic acid groups (broad SMARTS) is 1. The Balaban J connectivity index is 2.07. The van der Waals surface area contributed by atoms with E-state index in [9.17, 15) is 9.90 Å². The van der Waals surface area contributed by atoms with E-state index < -0.39 is 5.97 Å². The number of ether oxygens (including phenoxy) is 1. The van der Waals surface area contributed by atoms with Gasteiger partial charge in [-0.15, -0.1) is 0 Å². The van der Waals surface area contributed by atoms with Gasteiger partial charge in [-0.2, -0.15) is 0 Å².